The smallest absolute Gasteiger partial charge is 0.0702 e. The van der Waals surface area contributed by atoms with Crippen LogP contribution in [0.15, 0.2) is 17.5 Å². The molecular formula is C10H11NOS. The number of hydrogen-bond acceptors (Lipinski definition) is 3. The topological polar surface area (TPSA) is 46.2 Å². The quantitative estimate of drug-likeness (QED) is 0.682. The second kappa shape index (κ2) is 3.01. The number of aliphatic hydroxyl groups is 1. The predicted octanol–water partition coefficient (Wildman–Crippen LogP) is 2.28. The number of nitrogens with two attached hydrogens (primary N) is 1. The number of hydrogen-bond donors (Lipinski definition) is 2. The van der Waals surface area contributed by atoms with E-state index in [1.165, 1.54) is 10.3 Å². The molecule has 0 aliphatic rings. The number of anilines is 1. The summed E-state index contributed by atoms with van der Waals surface area (Å²) in [5.74, 6) is 0. The van der Waals surface area contributed by atoms with Gasteiger partial charge in [0.2, 0.25) is 0 Å². The van der Waals surface area contributed by atoms with E-state index in [2.05, 4.69) is 0 Å². The molecule has 0 radical (unpaired) electrons. The zero-order chi connectivity index (χ0) is 9.42. The van der Waals surface area contributed by atoms with Crippen molar-refractivity contribution >= 4 is 27.1 Å². The molecule has 68 valence electrons. The number of benzene rings is 1. The summed E-state index contributed by atoms with van der Waals surface area (Å²) < 4.78 is 1.22. The van der Waals surface area contributed by atoms with Crippen LogP contribution in [-0.4, -0.2) is 5.11 Å². The third kappa shape index (κ3) is 1.20. The van der Waals surface area contributed by atoms with Gasteiger partial charge in [0, 0.05) is 21.3 Å². The van der Waals surface area contributed by atoms with Crippen molar-refractivity contribution in [2.75, 3.05) is 5.73 Å². The molecule has 2 rings (SSSR count). The lowest BCUT2D eigenvalue weighted by molar-refractivity contribution is 0.282. The fraction of sp³-hybridized carbons (Fsp3) is 0.200. The van der Waals surface area contributed by atoms with Crippen LogP contribution < -0.4 is 5.73 Å². The summed E-state index contributed by atoms with van der Waals surface area (Å²) in [6, 6.07) is 3.95. The third-order valence-corrected chi connectivity index (χ3v) is 3.27. The Labute approximate surface area is 80.6 Å². The molecule has 0 fully saturated rings. The largest absolute Gasteiger partial charge is 0.398 e. The standard InChI is InChI=1S/C10H11NOS/c1-6-4-7(5-12)9(11)8-2-3-13-10(6)8/h2-4,12H,5,11H2,1H3. The van der Waals surface area contributed by atoms with Crippen molar-refractivity contribution < 1.29 is 5.11 Å². The van der Waals surface area contributed by atoms with Gasteiger partial charge in [0.25, 0.3) is 0 Å². The van der Waals surface area contributed by atoms with Gasteiger partial charge < -0.3 is 10.8 Å². The average Bonchev–Trinajstić information content (AvgIpc) is 2.60. The Balaban J connectivity index is 2.85. The van der Waals surface area contributed by atoms with Gasteiger partial charge in [-0.1, -0.05) is 6.07 Å². The van der Waals surface area contributed by atoms with Crippen molar-refractivity contribution in [3.8, 4) is 0 Å². The molecule has 0 atom stereocenters. The van der Waals surface area contributed by atoms with E-state index in [9.17, 15) is 0 Å². The van der Waals surface area contributed by atoms with Crippen molar-refractivity contribution in [2.45, 2.75) is 13.5 Å². The van der Waals surface area contributed by atoms with Crippen LogP contribution >= 0.6 is 11.3 Å². The monoisotopic (exact) mass is 193 g/mol. The molecule has 2 aromatic rings. The highest BCUT2D eigenvalue weighted by atomic mass is 32.1. The van der Waals surface area contributed by atoms with E-state index < -0.39 is 0 Å². The van der Waals surface area contributed by atoms with E-state index >= 15 is 0 Å². The molecular weight excluding hydrogens is 182 g/mol. The maximum Gasteiger partial charge on any atom is 0.0702 e. The second-order valence-corrected chi connectivity index (χ2v) is 4.00. The Morgan fingerprint density at radius 1 is 1.54 bits per heavy atom. The SMILES string of the molecule is Cc1cc(CO)c(N)c2ccsc12. The molecule has 0 saturated carbocycles. The average molecular weight is 193 g/mol. The number of aliphatic hydroxyl groups excluding tert-OH is 1. The van der Waals surface area contributed by atoms with Crippen LogP contribution in [0.2, 0.25) is 0 Å². The van der Waals surface area contributed by atoms with Gasteiger partial charge >= 0.3 is 0 Å². The predicted molar refractivity (Wildman–Crippen MR) is 56.9 cm³/mol. The normalized spacial score (nSPS) is 10.9. The van der Waals surface area contributed by atoms with Gasteiger partial charge in [0.1, 0.15) is 0 Å². The molecule has 0 amide bonds. The molecule has 1 heterocycles. The van der Waals surface area contributed by atoms with Crippen molar-refractivity contribution in [1.29, 1.82) is 0 Å². The minimum atomic E-state index is 0.0124. The maximum absolute atomic E-state index is 9.06. The van der Waals surface area contributed by atoms with Gasteiger partial charge in [-0.3, -0.25) is 0 Å². The second-order valence-electron chi connectivity index (χ2n) is 3.09. The minimum absolute atomic E-state index is 0.0124. The fourth-order valence-corrected chi connectivity index (χ4v) is 2.43. The number of nitrogen functional groups attached to an aromatic ring is 1. The van der Waals surface area contributed by atoms with E-state index in [1.54, 1.807) is 11.3 Å². The summed E-state index contributed by atoms with van der Waals surface area (Å²) in [5, 5.41) is 12.2. The van der Waals surface area contributed by atoms with E-state index in [0.717, 1.165) is 10.9 Å². The Kier molecular flexibility index (Phi) is 1.98. The molecule has 0 aliphatic heterocycles. The molecule has 1 aromatic carbocycles. The number of fused-ring (bicyclic) bond motifs is 1. The van der Waals surface area contributed by atoms with Crippen LogP contribution in [0.4, 0.5) is 5.69 Å². The Bertz CT molecular complexity index is 447. The van der Waals surface area contributed by atoms with Gasteiger partial charge in [0.15, 0.2) is 0 Å². The van der Waals surface area contributed by atoms with Crippen LogP contribution in [0.3, 0.4) is 0 Å². The highest BCUT2D eigenvalue weighted by Gasteiger charge is 2.07. The van der Waals surface area contributed by atoms with Crippen LogP contribution in [0.25, 0.3) is 10.1 Å². The van der Waals surface area contributed by atoms with Crippen molar-refractivity contribution in [3.05, 3.63) is 28.6 Å². The summed E-state index contributed by atoms with van der Waals surface area (Å²) in [5.41, 5.74) is 8.61. The molecule has 3 heteroatoms. The molecule has 0 spiro atoms. The van der Waals surface area contributed by atoms with Gasteiger partial charge in [-0.15, -0.1) is 11.3 Å². The fourth-order valence-electron chi connectivity index (χ4n) is 1.54. The van der Waals surface area contributed by atoms with Crippen LogP contribution in [0, 0.1) is 6.92 Å². The first-order valence-electron chi connectivity index (χ1n) is 4.10. The van der Waals surface area contributed by atoms with Gasteiger partial charge in [-0.05, 0) is 23.9 Å². The van der Waals surface area contributed by atoms with Gasteiger partial charge in [-0.25, -0.2) is 0 Å². The Morgan fingerprint density at radius 3 is 3.00 bits per heavy atom. The highest BCUT2D eigenvalue weighted by Crippen LogP contribution is 2.31. The van der Waals surface area contributed by atoms with Crippen molar-refractivity contribution in [2.24, 2.45) is 0 Å². The summed E-state index contributed by atoms with van der Waals surface area (Å²) in [6.07, 6.45) is 0. The molecule has 2 nitrogen and oxygen atoms in total. The van der Waals surface area contributed by atoms with Gasteiger partial charge in [0.05, 0.1) is 6.61 Å². The number of rotatable bonds is 1. The van der Waals surface area contributed by atoms with E-state index in [0.29, 0.717) is 5.69 Å². The molecule has 13 heavy (non-hydrogen) atoms. The van der Waals surface area contributed by atoms with E-state index in [1.807, 2.05) is 24.4 Å². The zero-order valence-corrected chi connectivity index (χ0v) is 8.19. The van der Waals surface area contributed by atoms with Crippen LogP contribution in [0.1, 0.15) is 11.1 Å². The van der Waals surface area contributed by atoms with Crippen LogP contribution in [-0.2, 0) is 6.61 Å². The summed E-state index contributed by atoms with van der Waals surface area (Å²) in [6.45, 7) is 2.05. The minimum Gasteiger partial charge on any atom is -0.398 e. The molecule has 0 saturated heterocycles. The van der Waals surface area contributed by atoms with Crippen molar-refractivity contribution in [1.82, 2.24) is 0 Å². The zero-order valence-electron chi connectivity index (χ0n) is 7.37. The van der Waals surface area contributed by atoms with E-state index in [4.69, 9.17) is 10.8 Å². The lowest BCUT2D eigenvalue weighted by Gasteiger charge is -2.06. The lowest BCUT2D eigenvalue weighted by Crippen LogP contribution is -1.95. The molecule has 0 bridgehead atoms. The summed E-state index contributed by atoms with van der Waals surface area (Å²) in [7, 11) is 0. The summed E-state index contributed by atoms with van der Waals surface area (Å²) in [4.78, 5) is 0. The Morgan fingerprint density at radius 2 is 2.31 bits per heavy atom. The highest BCUT2D eigenvalue weighted by molar-refractivity contribution is 7.17. The maximum atomic E-state index is 9.06. The molecule has 0 aliphatic carbocycles. The van der Waals surface area contributed by atoms with E-state index in [-0.39, 0.29) is 6.61 Å². The summed E-state index contributed by atoms with van der Waals surface area (Å²) >= 11 is 1.69. The molecule has 1 aromatic heterocycles. The first-order chi connectivity index (χ1) is 6.24. The Hall–Kier alpha value is -1.06. The lowest BCUT2D eigenvalue weighted by atomic mass is 10.1. The number of thiophene rings is 1. The molecule has 0 unspecified atom stereocenters. The third-order valence-electron chi connectivity index (χ3n) is 2.22. The first kappa shape index (κ1) is 8.53. The van der Waals surface area contributed by atoms with Crippen molar-refractivity contribution in [3.63, 3.8) is 0 Å². The van der Waals surface area contributed by atoms with Gasteiger partial charge in [-0.2, -0.15) is 0 Å². The first-order valence-corrected chi connectivity index (χ1v) is 4.98. The molecule has 3 N–H and O–H groups in total. The number of aryl methyl sites for hydroxylation is 1. The van der Waals surface area contributed by atoms with Crippen LogP contribution in [0.5, 0.6) is 0 Å².